The number of rotatable bonds is 4. The lowest BCUT2D eigenvalue weighted by Crippen LogP contribution is -2.27. The highest BCUT2D eigenvalue weighted by atomic mass is 32.1. The smallest absolute Gasteiger partial charge is 0.225 e. The van der Waals surface area contributed by atoms with Crippen LogP contribution in [-0.4, -0.2) is 5.91 Å². The lowest BCUT2D eigenvalue weighted by molar-refractivity contribution is -0.121. The second-order valence-corrected chi connectivity index (χ2v) is 5.13. The first-order chi connectivity index (χ1) is 8.65. The third-order valence-corrected chi connectivity index (χ3v) is 3.54. The number of carbonyl (C=O) groups excluding carboxylic acids is 1. The van der Waals surface area contributed by atoms with E-state index in [-0.39, 0.29) is 17.8 Å². The molecule has 0 unspecified atom stereocenters. The maximum absolute atomic E-state index is 12.8. The Kier molecular flexibility index (Phi) is 4.10. The van der Waals surface area contributed by atoms with E-state index in [9.17, 15) is 9.18 Å². The number of hydrogen-bond acceptors (Lipinski definition) is 2. The molecule has 0 aliphatic rings. The summed E-state index contributed by atoms with van der Waals surface area (Å²) >= 11 is 1.57. The third kappa shape index (κ3) is 3.40. The Morgan fingerprint density at radius 1 is 1.33 bits per heavy atom. The van der Waals surface area contributed by atoms with Crippen LogP contribution in [0.5, 0.6) is 0 Å². The van der Waals surface area contributed by atoms with Crippen molar-refractivity contribution in [1.29, 1.82) is 0 Å². The third-order valence-electron chi connectivity index (χ3n) is 2.66. The Balaban J connectivity index is 1.92. The van der Waals surface area contributed by atoms with Crippen LogP contribution in [0.2, 0.25) is 0 Å². The molecule has 4 heteroatoms. The molecule has 0 spiro atoms. The van der Waals surface area contributed by atoms with Crippen molar-refractivity contribution in [2.24, 2.45) is 0 Å². The van der Waals surface area contributed by atoms with E-state index in [4.69, 9.17) is 0 Å². The lowest BCUT2D eigenvalue weighted by atomic mass is 10.1. The summed E-state index contributed by atoms with van der Waals surface area (Å²) < 4.78 is 12.8. The largest absolute Gasteiger partial charge is 0.349 e. The maximum Gasteiger partial charge on any atom is 0.225 e. The molecule has 0 radical (unpaired) electrons. The first kappa shape index (κ1) is 12.8. The molecule has 2 nitrogen and oxygen atoms in total. The van der Waals surface area contributed by atoms with Crippen molar-refractivity contribution in [3.63, 3.8) is 0 Å². The van der Waals surface area contributed by atoms with Gasteiger partial charge in [0.2, 0.25) is 5.91 Å². The Morgan fingerprint density at radius 3 is 2.67 bits per heavy atom. The molecule has 1 atom stereocenters. The minimum Gasteiger partial charge on any atom is -0.349 e. The first-order valence-electron chi connectivity index (χ1n) is 5.72. The highest BCUT2D eigenvalue weighted by Gasteiger charge is 2.10. The highest BCUT2D eigenvalue weighted by molar-refractivity contribution is 7.10. The van der Waals surface area contributed by atoms with E-state index in [2.05, 4.69) is 5.32 Å². The van der Waals surface area contributed by atoms with E-state index in [0.29, 0.717) is 6.42 Å². The molecule has 0 saturated heterocycles. The number of carbonyl (C=O) groups is 1. The van der Waals surface area contributed by atoms with Crippen LogP contribution in [-0.2, 0) is 11.2 Å². The van der Waals surface area contributed by atoms with Gasteiger partial charge in [0.25, 0.3) is 0 Å². The average molecular weight is 263 g/mol. The number of thiophene rings is 1. The van der Waals surface area contributed by atoms with Gasteiger partial charge in [-0.25, -0.2) is 4.39 Å². The van der Waals surface area contributed by atoms with Crippen molar-refractivity contribution in [3.8, 4) is 0 Å². The second-order valence-electron chi connectivity index (χ2n) is 4.10. The summed E-state index contributed by atoms with van der Waals surface area (Å²) in [5.74, 6) is -0.287. The Hall–Kier alpha value is -1.68. The zero-order valence-electron chi connectivity index (χ0n) is 10.0. The van der Waals surface area contributed by atoms with Gasteiger partial charge < -0.3 is 5.32 Å². The average Bonchev–Trinajstić information content (AvgIpc) is 2.82. The van der Waals surface area contributed by atoms with Crippen molar-refractivity contribution >= 4 is 17.2 Å². The van der Waals surface area contributed by atoms with Gasteiger partial charge in [-0.1, -0.05) is 18.2 Å². The highest BCUT2D eigenvalue weighted by Crippen LogP contribution is 2.14. The number of benzene rings is 1. The lowest BCUT2D eigenvalue weighted by Gasteiger charge is -2.13. The number of hydrogen-bond donors (Lipinski definition) is 1. The van der Waals surface area contributed by atoms with Crippen molar-refractivity contribution in [1.82, 2.24) is 5.32 Å². The van der Waals surface area contributed by atoms with Gasteiger partial charge in [-0.3, -0.25) is 4.79 Å². The molecule has 1 aromatic heterocycles. The first-order valence-corrected chi connectivity index (χ1v) is 6.60. The Bertz CT molecular complexity index is 507. The minimum atomic E-state index is -0.268. The molecule has 94 valence electrons. The Morgan fingerprint density at radius 2 is 2.06 bits per heavy atom. The molecule has 18 heavy (non-hydrogen) atoms. The van der Waals surface area contributed by atoms with Crippen LogP contribution in [0.1, 0.15) is 23.4 Å². The molecule has 1 aromatic carbocycles. The van der Waals surface area contributed by atoms with Crippen molar-refractivity contribution in [2.45, 2.75) is 19.4 Å². The van der Waals surface area contributed by atoms with E-state index in [1.54, 1.807) is 23.5 Å². The summed E-state index contributed by atoms with van der Waals surface area (Å²) in [6.45, 7) is 1.89. The van der Waals surface area contributed by atoms with Crippen LogP contribution in [0, 0.1) is 5.82 Å². The number of halogens is 1. The van der Waals surface area contributed by atoms with Gasteiger partial charge >= 0.3 is 0 Å². The normalized spacial score (nSPS) is 12.1. The summed E-state index contributed by atoms with van der Waals surface area (Å²) in [4.78, 5) is 12.8. The fourth-order valence-corrected chi connectivity index (χ4v) is 2.40. The molecule has 2 aromatic rings. The quantitative estimate of drug-likeness (QED) is 0.901. The fraction of sp³-hybridized carbons (Fsp3) is 0.214. The summed E-state index contributed by atoms with van der Waals surface area (Å²) in [5.41, 5.74) is 0.899. The molecular formula is C14H14FNOS. The molecular weight excluding hydrogens is 249 g/mol. The summed E-state index contributed by atoms with van der Waals surface area (Å²) in [6.07, 6.45) is 0.392. The van der Waals surface area contributed by atoms with Gasteiger partial charge in [-0.2, -0.15) is 0 Å². The van der Waals surface area contributed by atoms with Gasteiger partial charge in [0.05, 0.1) is 12.5 Å². The van der Waals surface area contributed by atoms with Crippen LogP contribution in [0.25, 0.3) is 0 Å². The van der Waals surface area contributed by atoms with Crippen LogP contribution in [0.4, 0.5) is 4.39 Å². The van der Waals surface area contributed by atoms with E-state index < -0.39 is 0 Å². The van der Waals surface area contributed by atoms with Gasteiger partial charge in [0, 0.05) is 4.88 Å². The molecule has 1 N–H and O–H groups in total. The molecule has 0 saturated carbocycles. The van der Waals surface area contributed by atoms with Crippen molar-refractivity contribution in [2.75, 3.05) is 0 Å². The summed E-state index contributed by atoms with van der Waals surface area (Å²) in [6, 6.07) is 9.92. The predicted molar refractivity (Wildman–Crippen MR) is 71.0 cm³/mol. The number of nitrogens with one attached hydrogen (secondary N) is 1. The van der Waals surface area contributed by atoms with Gasteiger partial charge in [0.15, 0.2) is 0 Å². The minimum absolute atomic E-state index is 0.0192. The summed E-state index contributed by atoms with van der Waals surface area (Å²) in [7, 11) is 0. The van der Waals surface area contributed by atoms with E-state index in [0.717, 1.165) is 10.4 Å². The van der Waals surface area contributed by atoms with Crippen molar-refractivity contribution in [3.05, 3.63) is 58.0 Å². The van der Waals surface area contributed by atoms with E-state index in [1.165, 1.54) is 12.1 Å². The molecule has 0 bridgehead atoms. The van der Waals surface area contributed by atoms with Gasteiger partial charge in [-0.15, -0.1) is 11.3 Å². The predicted octanol–water partition coefficient (Wildman–Crippen LogP) is 3.31. The zero-order valence-corrected chi connectivity index (χ0v) is 10.8. The SMILES string of the molecule is C[C@H](NC(=O)Cc1cccs1)c1ccc(F)cc1. The topological polar surface area (TPSA) is 29.1 Å². The van der Waals surface area contributed by atoms with Crippen molar-refractivity contribution < 1.29 is 9.18 Å². The van der Waals surface area contributed by atoms with E-state index >= 15 is 0 Å². The van der Waals surface area contributed by atoms with E-state index in [1.807, 2.05) is 24.4 Å². The molecule has 0 aliphatic heterocycles. The van der Waals surface area contributed by atoms with Crippen LogP contribution in [0.15, 0.2) is 41.8 Å². The van der Waals surface area contributed by atoms with Gasteiger partial charge in [0.1, 0.15) is 5.82 Å². The molecule has 0 fully saturated rings. The van der Waals surface area contributed by atoms with Crippen LogP contribution < -0.4 is 5.32 Å². The molecule has 1 amide bonds. The Labute approximate surface area is 109 Å². The maximum atomic E-state index is 12.8. The standard InChI is InChI=1S/C14H14FNOS/c1-10(11-4-6-12(15)7-5-11)16-14(17)9-13-3-2-8-18-13/h2-8,10H,9H2,1H3,(H,16,17)/t10-/m0/s1. The molecule has 2 rings (SSSR count). The van der Waals surface area contributed by atoms with Crippen LogP contribution in [0.3, 0.4) is 0 Å². The van der Waals surface area contributed by atoms with Gasteiger partial charge in [-0.05, 0) is 36.1 Å². The zero-order chi connectivity index (χ0) is 13.0. The molecule has 0 aliphatic carbocycles. The second kappa shape index (κ2) is 5.78. The fourth-order valence-electron chi connectivity index (χ4n) is 1.70. The monoisotopic (exact) mass is 263 g/mol. The summed E-state index contributed by atoms with van der Waals surface area (Å²) in [5, 5.41) is 4.85. The van der Waals surface area contributed by atoms with Crippen LogP contribution >= 0.6 is 11.3 Å². The number of amides is 1. The molecule has 1 heterocycles.